The number of hydrogen-bond acceptors (Lipinski definition) is 6. The Hall–Kier alpha value is -3.22. The molecule has 22 heavy (non-hydrogen) atoms. The molecule has 2 rings (SSSR count). The summed E-state index contributed by atoms with van der Waals surface area (Å²) in [6, 6.07) is 8.12. The summed E-state index contributed by atoms with van der Waals surface area (Å²) in [6.45, 7) is 0. The van der Waals surface area contributed by atoms with Crippen molar-refractivity contribution in [1.29, 1.82) is 0 Å². The van der Waals surface area contributed by atoms with E-state index in [0.717, 1.165) is 6.07 Å². The Morgan fingerprint density at radius 2 is 1.91 bits per heavy atom. The molecule has 0 unspecified atom stereocenters. The van der Waals surface area contributed by atoms with Gasteiger partial charge in [0, 0.05) is 17.2 Å². The summed E-state index contributed by atoms with van der Waals surface area (Å²) in [5.41, 5.74) is 2.87. The molecule has 0 saturated carbocycles. The van der Waals surface area contributed by atoms with Gasteiger partial charge >= 0.3 is 0 Å². The normalized spacial score (nSPS) is 10.6. The number of carbonyl (C=O) groups excluding carboxylic acids is 1. The molecule has 7 heteroatoms. The van der Waals surface area contributed by atoms with Crippen LogP contribution >= 0.6 is 0 Å². The lowest BCUT2D eigenvalue weighted by molar-refractivity contribution is 0.0954. The molecule has 0 aliphatic rings. The Bertz CT molecular complexity index is 728. The first kappa shape index (κ1) is 15.2. The highest BCUT2D eigenvalue weighted by Gasteiger charge is 2.09. The lowest BCUT2D eigenvalue weighted by atomic mass is 10.2. The molecule has 2 aromatic carbocycles. The highest BCUT2D eigenvalue weighted by molar-refractivity contribution is 5.95. The highest BCUT2D eigenvalue weighted by atomic mass is 16.5. The van der Waals surface area contributed by atoms with Gasteiger partial charge in [-0.3, -0.25) is 4.79 Å². The van der Waals surface area contributed by atoms with E-state index in [9.17, 15) is 15.0 Å². The molecule has 7 nitrogen and oxygen atoms in total. The van der Waals surface area contributed by atoms with E-state index < -0.39 is 5.91 Å². The Kier molecular flexibility index (Phi) is 4.47. The fourth-order valence-corrected chi connectivity index (χ4v) is 1.69. The summed E-state index contributed by atoms with van der Waals surface area (Å²) in [6.07, 6.45) is 1.24. The van der Waals surface area contributed by atoms with Gasteiger partial charge < -0.3 is 20.1 Å². The van der Waals surface area contributed by atoms with Crippen molar-refractivity contribution in [1.82, 2.24) is 5.43 Å². The topological polar surface area (TPSA) is 111 Å². The van der Waals surface area contributed by atoms with E-state index in [1.807, 2.05) is 0 Å². The smallest absolute Gasteiger partial charge is 0.271 e. The molecule has 0 heterocycles. The van der Waals surface area contributed by atoms with Gasteiger partial charge in [0.05, 0.1) is 13.3 Å². The number of amides is 1. The third-order valence-corrected chi connectivity index (χ3v) is 2.83. The van der Waals surface area contributed by atoms with Gasteiger partial charge in [0.15, 0.2) is 11.5 Å². The molecule has 0 bridgehead atoms. The summed E-state index contributed by atoms with van der Waals surface area (Å²) in [5.74, 6) is -0.642. The summed E-state index contributed by atoms with van der Waals surface area (Å²) in [5, 5.41) is 31.9. The standard InChI is InChI=1S/C15H14N2O5/c1-22-14-6-9(3-5-12(14)19)15(21)17-16-8-10-2-4-11(18)7-13(10)20/h2-8,18-20H,1H3,(H,17,21)/b16-8+. The third-order valence-electron chi connectivity index (χ3n) is 2.83. The zero-order valence-corrected chi connectivity index (χ0v) is 11.6. The Labute approximate surface area is 126 Å². The van der Waals surface area contributed by atoms with E-state index >= 15 is 0 Å². The van der Waals surface area contributed by atoms with Crippen LogP contribution in [0.15, 0.2) is 41.5 Å². The Morgan fingerprint density at radius 3 is 2.59 bits per heavy atom. The zero-order chi connectivity index (χ0) is 16.1. The number of aromatic hydroxyl groups is 3. The van der Waals surface area contributed by atoms with Crippen molar-refractivity contribution in [2.75, 3.05) is 7.11 Å². The maximum absolute atomic E-state index is 11.9. The van der Waals surface area contributed by atoms with Crippen LogP contribution in [0.4, 0.5) is 0 Å². The molecule has 114 valence electrons. The molecule has 0 aliphatic heterocycles. The van der Waals surface area contributed by atoms with E-state index in [4.69, 9.17) is 9.84 Å². The lowest BCUT2D eigenvalue weighted by Crippen LogP contribution is -2.17. The predicted molar refractivity (Wildman–Crippen MR) is 79.5 cm³/mol. The van der Waals surface area contributed by atoms with Gasteiger partial charge in [0.25, 0.3) is 5.91 Å². The monoisotopic (exact) mass is 302 g/mol. The van der Waals surface area contributed by atoms with Crippen LogP contribution in [0.2, 0.25) is 0 Å². The van der Waals surface area contributed by atoms with Crippen molar-refractivity contribution in [2.45, 2.75) is 0 Å². The second-order valence-corrected chi connectivity index (χ2v) is 4.33. The van der Waals surface area contributed by atoms with Crippen molar-refractivity contribution >= 4 is 12.1 Å². The number of hydrogen-bond donors (Lipinski definition) is 4. The second kappa shape index (κ2) is 6.49. The number of methoxy groups -OCH3 is 1. The van der Waals surface area contributed by atoms with Gasteiger partial charge in [-0.1, -0.05) is 0 Å². The number of nitrogens with one attached hydrogen (secondary N) is 1. The third kappa shape index (κ3) is 3.45. The van der Waals surface area contributed by atoms with Gasteiger partial charge in [0.1, 0.15) is 11.5 Å². The number of carbonyl (C=O) groups is 1. The number of phenols is 3. The molecule has 0 atom stereocenters. The minimum Gasteiger partial charge on any atom is -0.508 e. The maximum Gasteiger partial charge on any atom is 0.271 e. The maximum atomic E-state index is 11.9. The quantitative estimate of drug-likeness (QED) is 0.506. The molecule has 0 spiro atoms. The minimum absolute atomic E-state index is 0.0726. The molecule has 0 fully saturated rings. The number of nitrogens with zero attached hydrogens (tertiary/aromatic N) is 1. The summed E-state index contributed by atoms with van der Waals surface area (Å²) in [7, 11) is 1.38. The van der Waals surface area contributed by atoms with Crippen LogP contribution in [0.5, 0.6) is 23.0 Å². The Balaban J connectivity index is 2.07. The van der Waals surface area contributed by atoms with E-state index in [1.165, 1.54) is 43.7 Å². The van der Waals surface area contributed by atoms with Crippen LogP contribution in [0.25, 0.3) is 0 Å². The van der Waals surface area contributed by atoms with Gasteiger partial charge in [-0.15, -0.1) is 0 Å². The SMILES string of the molecule is COc1cc(C(=O)N/N=C/c2ccc(O)cc2O)ccc1O. The summed E-state index contributed by atoms with van der Waals surface area (Å²) in [4.78, 5) is 11.9. The van der Waals surface area contributed by atoms with E-state index in [2.05, 4.69) is 10.5 Å². The van der Waals surface area contributed by atoms with Crippen molar-refractivity contribution in [3.05, 3.63) is 47.5 Å². The van der Waals surface area contributed by atoms with Crippen molar-refractivity contribution in [2.24, 2.45) is 5.10 Å². The second-order valence-electron chi connectivity index (χ2n) is 4.33. The van der Waals surface area contributed by atoms with Crippen LogP contribution in [0.1, 0.15) is 15.9 Å². The first-order valence-corrected chi connectivity index (χ1v) is 6.23. The molecular weight excluding hydrogens is 288 g/mol. The molecule has 0 aromatic heterocycles. The van der Waals surface area contributed by atoms with Crippen LogP contribution in [-0.2, 0) is 0 Å². The summed E-state index contributed by atoms with van der Waals surface area (Å²) >= 11 is 0. The highest BCUT2D eigenvalue weighted by Crippen LogP contribution is 2.26. The van der Waals surface area contributed by atoms with E-state index in [-0.39, 0.29) is 28.6 Å². The number of phenolic OH excluding ortho intramolecular Hbond substituents is 3. The average molecular weight is 302 g/mol. The summed E-state index contributed by atoms with van der Waals surface area (Å²) < 4.78 is 4.91. The number of ether oxygens (including phenoxy) is 1. The van der Waals surface area contributed by atoms with Crippen molar-refractivity contribution in [3.8, 4) is 23.0 Å². The molecule has 4 N–H and O–H groups in total. The van der Waals surface area contributed by atoms with Crippen LogP contribution in [0.3, 0.4) is 0 Å². The average Bonchev–Trinajstić information content (AvgIpc) is 2.49. The van der Waals surface area contributed by atoms with Crippen molar-refractivity contribution < 1.29 is 24.9 Å². The molecule has 0 aliphatic carbocycles. The number of hydrazone groups is 1. The lowest BCUT2D eigenvalue weighted by Gasteiger charge is -2.05. The number of benzene rings is 2. The van der Waals surface area contributed by atoms with Gasteiger partial charge in [-0.25, -0.2) is 5.43 Å². The fourth-order valence-electron chi connectivity index (χ4n) is 1.69. The molecule has 1 amide bonds. The minimum atomic E-state index is -0.507. The van der Waals surface area contributed by atoms with Gasteiger partial charge in [-0.2, -0.15) is 5.10 Å². The molecule has 0 saturated heterocycles. The zero-order valence-electron chi connectivity index (χ0n) is 11.6. The largest absolute Gasteiger partial charge is 0.508 e. The van der Waals surface area contributed by atoms with E-state index in [0.29, 0.717) is 5.56 Å². The van der Waals surface area contributed by atoms with Crippen LogP contribution in [0, 0.1) is 0 Å². The fraction of sp³-hybridized carbons (Fsp3) is 0.0667. The number of rotatable bonds is 4. The van der Waals surface area contributed by atoms with Gasteiger partial charge in [0.2, 0.25) is 0 Å². The van der Waals surface area contributed by atoms with Crippen molar-refractivity contribution in [3.63, 3.8) is 0 Å². The predicted octanol–water partition coefficient (Wildman–Crippen LogP) is 1.58. The van der Waals surface area contributed by atoms with Crippen LogP contribution < -0.4 is 10.2 Å². The van der Waals surface area contributed by atoms with Crippen LogP contribution in [-0.4, -0.2) is 34.6 Å². The van der Waals surface area contributed by atoms with E-state index in [1.54, 1.807) is 0 Å². The molecule has 2 aromatic rings. The first-order valence-electron chi connectivity index (χ1n) is 6.23. The van der Waals surface area contributed by atoms with Gasteiger partial charge in [-0.05, 0) is 30.3 Å². The molecular formula is C15H14N2O5. The first-order chi connectivity index (χ1) is 10.5. The molecule has 0 radical (unpaired) electrons. The Morgan fingerprint density at radius 1 is 1.14 bits per heavy atom.